The van der Waals surface area contributed by atoms with E-state index < -0.39 is 17.7 Å². The molecule has 94 valence electrons. The number of hydrogen-bond donors (Lipinski definition) is 0. The van der Waals surface area contributed by atoms with E-state index in [9.17, 15) is 14.7 Å². The molecule has 0 saturated heterocycles. The Balaban J connectivity index is 2.44. The summed E-state index contributed by atoms with van der Waals surface area (Å²) in [5, 5.41) is 11.3. The minimum atomic E-state index is -1.30. The van der Waals surface area contributed by atoms with E-state index in [1.54, 1.807) is 19.1 Å². The van der Waals surface area contributed by atoms with Gasteiger partial charge in [-0.2, -0.15) is 0 Å². The van der Waals surface area contributed by atoms with Crippen molar-refractivity contribution in [2.75, 3.05) is 0 Å². The molecule has 0 aliphatic rings. The van der Waals surface area contributed by atoms with E-state index >= 15 is 0 Å². The molecule has 0 bridgehead atoms. The molecule has 1 aromatic carbocycles. The zero-order valence-electron chi connectivity index (χ0n) is 9.93. The lowest BCUT2D eigenvalue weighted by molar-refractivity contribution is -0.312. The Morgan fingerprint density at radius 3 is 2.78 bits per heavy atom. The summed E-state index contributed by atoms with van der Waals surface area (Å²) in [5.41, 5.74) is 0.703. The maximum absolute atomic E-state index is 11.2. The SMILES string of the molecule is Cc1cc(=O)oc2cc(OC(C)C(=O)[O-])ccc12. The summed E-state index contributed by atoms with van der Waals surface area (Å²) in [6, 6.07) is 6.22. The number of carboxylic acid groups (broad SMARTS) is 1. The monoisotopic (exact) mass is 247 g/mol. The Morgan fingerprint density at radius 1 is 1.39 bits per heavy atom. The van der Waals surface area contributed by atoms with Crippen LogP contribution in [0.1, 0.15) is 12.5 Å². The van der Waals surface area contributed by atoms with Crippen LogP contribution < -0.4 is 15.5 Å². The summed E-state index contributed by atoms with van der Waals surface area (Å²) in [4.78, 5) is 21.8. The fraction of sp³-hybridized carbons (Fsp3) is 0.231. The molecule has 2 aromatic rings. The fourth-order valence-corrected chi connectivity index (χ4v) is 1.63. The van der Waals surface area contributed by atoms with Gasteiger partial charge in [-0.05, 0) is 31.5 Å². The molecule has 0 aliphatic heterocycles. The summed E-state index contributed by atoms with van der Waals surface area (Å²) in [6.45, 7) is 3.16. The molecule has 1 atom stereocenters. The molecule has 5 nitrogen and oxygen atoms in total. The number of carboxylic acids is 1. The molecule has 0 spiro atoms. The first-order valence-corrected chi connectivity index (χ1v) is 5.39. The number of hydrogen-bond acceptors (Lipinski definition) is 5. The number of benzene rings is 1. The molecule has 0 amide bonds. The van der Waals surface area contributed by atoms with Crippen molar-refractivity contribution in [3.8, 4) is 5.75 Å². The van der Waals surface area contributed by atoms with Gasteiger partial charge in [0, 0.05) is 17.5 Å². The van der Waals surface area contributed by atoms with E-state index in [1.165, 1.54) is 19.1 Å². The van der Waals surface area contributed by atoms with Gasteiger partial charge in [0.15, 0.2) is 0 Å². The summed E-state index contributed by atoms with van der Waals surface area (Å²) < 4.78 is 10.2. The molecule has 0 saturated carbocycles. The highest BCUT2D eigenvalue weighted by Gasteiger charge is 2.07. The molecule has 18 heavy (non-hydrogen) atoms. The van der Waals surface area contributed by atoms with Gasteiger partial charge in [-0.1, -0.05) is 0 Å². The second-order valence-electron chi connectivity index (χ2n) is 3.99. The van der Waals surface area contributed by atoms with Crippen LogP contribution in [0.2, 0.25) is 0 Å². The average Bonchev–Trinajstić information content (AvgIpc) is 2.27. The van der Waals surface area contributed by atoms with Gasteiger partial charge in [0.05, 0.1) is 5.97 Å². The number of aryl methyl sites for hydroxylation is 1. The predicted octanol–water partition coefficient (Wildman–Crippen LogP) is 0.619. The number of ether oxygens (including phenoxy) is 1. The van der Waals surface area contributed by atoms with Crippen LogP contribution in [0.3, 0.4) is 0 Å². The van der Waals surface area contributed by atoms with Crippen LogP contribution in [-0.2, 0) is 4.79 Å². The molecule has 0 aliphatic carbocycles. The van der Waals surface area contributed by atoms with Crippen LogP contribution in [0.25, 0.3) is 11.0 Å². The first kappa shape index (κ1) is 12.2. The zero-order chi connectivity index (χ0) is 13.3. The van der Waals surface area contributed by atoms with Gasteiger partial charge in [0.2, 0.25) is 0 Å². The van der Waals surface area contributed by atoms with Crippen LogP contribution in [0.5, 0.6) is 5.75 Å². The maximum Gasteiger partial charge on any atom is 0.336 e. The van der Waals surface area contributed by atoms with Crippen molar-refractivity contribution in [2.45, 2.75) is 20.0 Å². The minimum Gasteiger partial charge on any atom is -0.546 e. The predicted molar refractivity (Wildman–Crippen MR) is 62.3 cm³/mol. The molecular formula is C13H11O5-. The highest BCUT2D eigenvalue weighted by Crippen LogP contribution is 2.22. The second-order valence-corrected chi connectivity index (χ2v) is 3.99. The lowest BCUT2D eigenvalue weighted by Gasteiger charge is -2.15. The Labute approximate surface area is 103 Å². The van der Waals surface area contributed by atoms with E-state index in [2.05, 4.69) is 0 Å². The van der Waals surface area contributed by atoms with Crippen molar-refractivity contribution in [1.82, 2.24) is 0 Å². The Morgan fingerprint density at radius 2 is 2.11 bits per heavy atom. The lowest BCUT2D eigenvalue weighted by atomic mass is 10.1. The van der Waals surface area contributed by atoms with Crippen molar-refractivity contribution in [1.29, 1.82) is 0 Å². The number of fused-ring (bicyclic) bond motifs is 1. The molecule has 1 heterocycles. The molecular weight excluding hydrogens is 236 g/mol. The third kappa shape index (κ3) is 2.34. The second kappa shape index (κ2) is 4.52. The largest absolute Gasteiger partial charge is 0.546 e. The molecule has 1 unspecified atom stereocenters. The van der Waals surface area contributed by atoms with Crippen molar-refractivity contribution in [3.05, 3.63) is 40.2 Å². The maximum atomic E-state index is 11.2. The number of carbonyl (C=O) groups is 1. The Bertz CT molecular complexity index is 656. The van der Waals surface area contributed by atoms with Gasteiger partial charge in [0.1, 0.15) is 17.4 Å². The normalized spacial score (nSPS) is 12.3. The first-order valence-electron chi connectivity index (χ1n) is 5.39. The first-order chi connectivity index (χ1) is 8.47. The number of aliphatic carboxylic acids is 1. The van der Waals surface area contributed by atoms with E-state index in [4.69, 9.17) is 9.15 Å². The summed E-state index contributed by atoms with van der Waals surface area (Å²) in [5.74, 6) is -0.992. The summed E-state index contributed by atoms with van der Waals surface area (Å²) in [6.07, 6.45) is -1.07. The number of carbonyl (C=O) groups excluding carboxylic acids is 1. The summed E-state index contributed by atoms with van der Waals surface area (Å²) in [7, 11) is 0. The molecule has 2 rings (SSSR count). The Hall–Kier alpha value is -2.30. The quantitative estimate of drug-likeness (QED) is 0.743. The van der Waals surface area contributed by atoms with Crippen molar-refractivity contribution >= 4 is 16.9 Å². The van der Waals surface area contributed by atoms with E-state index in [0.29, 0.717) is 11.3 Å². The van der Waals surface area contributed by atoms with Crippen LogP contribution in [0, 0.1) is 6.92 Å². The Kier molecular flexibility index (Phi) is 3.06. The van der Waals surface area contributed by atoms with Crippen LogP contribution in [0.15, 0.2) is 33.5 Å². The van der Waals surface area contributed by atoms with Crippen molar-refractivity contribution < 1.29 is 19.1 Å². The smallest absolute Gasteiger partial charge is 0.336 e. The lowest BCUT2D eigenvalue weighted by Crippen LogP contribution is -2.37. The minimum absolute atomic E-state index is 0.313. The zero-order valence-corrected chi connectivity index (χ0v) is 9.93. The summed E-state index contributed by atoms with van der Waals surface area (Å²) >= 11 is 0. The van der Waals surface area contributed by atoms with Gasteiger partial charge in [0.25, 0.3) is 0 Å². The molecule has 1 aromatic heterocycles. The molecule has 0 N–H and O–H groups in total. The van der Waals surface area contributed by atoms with Gasteiger partial charge in [-0.25, -0.2) is 4.79 Å². The highest BCUT2D eigenvalue weighted by atomic mass is 16.5. The van der Waals surface area contributed by atoms with Crippen molar-refractivity contribution in [3.63, 3.8) is 0 Å². The van der Waals surface area contributed by atoms with Crippen molar-refractivity contribution in [2.24, 2.45) is 0 Å². The van der Waals surface area contributed by atoms with Crippen LogP contribution in [-0.4, -0.2) is 12.1 Å². The molecule has 0 fully saturated rings. The number of rotatable bonds is 3. The van der Waals surface area contributed by atoms with E-state index in [1.807, 2.05) is 0 Å². The van der Waals surface area contributed by atoms with Crippen LogP contribution >= 0.6 is 0 Å². The fourth-order valence-electron chi connectivity index (χ4n) is 1.63. The van der Waals surface area contributed by atoms with Gasteiger partial charge < -0.3 is 19.1 Å². The van der Waals surface area contributed by atoms with Gasteiger partial charge in [-0.3, -0.25) is 0 Å². The molecule has 0 radical (unpaired) electrons. The van der Waals surface area contributed by atoms with E-state index in [-0.39, 0.29) is 0 Å². The molecule has 5 heteroatoms. The van der Waals surface area contributed by atoms with E-state index in [0.717, 1.165) is 10.9 Å². The average molecular weight is 247 g/mol. The third-order valence-corrected chi connectivity index (χ3v) is 2.57. The van der Waals surface area contributed by atoms with Gasteiger partial charge in [-0.15, -0.1) is 0 Å². The van der Waals surface area contributed by atoms with Crippen LogP contribution in [0.4, 0.5) is 0 Å². The van der Waals surface area contributed by atoms with Gasteiger partial charge >= 0.3 is 5.63 Å². The standard InChI is InChI=1S/C13H12O5/c1-7-5-12(14)18-11-6-9(3-4-10(7)11)17-8(2)13(15)16/h3-6,8H,1-2H3,(H,15,16)/p-1. The highest BCUT2D eigenvalue weighted by molar-refractivity contribution is 5.81. The third-order valence-electron chi connectivity index (χ3n) is 2.57. The topological polar surface area (TPSA) is 79.6 Å².